The summed E-state index contributed by atoms with van der Waals surface area (Å²) in [4.78, 5) is 38.5. The maximum atomic E-state index is 12.6. The van der Waals surface area contributed by atoms with E-state index < -0.39 is 17.3 Å². The van der Waals surface area contributed by atoms with Gasteiger partial charge < -0.3 is 14.4 Å². The molecule has 3 fully saturated rings. The van der Waals surface area contributed by atoms with Crippen molar-refractivity contribution < 1.29 is 19.1 Å². The summed E-state index contributed by atoms with van der Waals surface area (Å²) in [5.74, 6) is 0.579. The van der Waals surface area contributed by atoms with Crippen LogP contribution < -0.4 is 4.90 Å². The SMILES string of the molecule is CC(C)(C)OC(=O)N1CC2(C1)CN([C@@H]1CCCN(c3cnc(C#N)c(Cl)n3)C1)C(=O)O2. The standard InChI is InChI=1S/C20H25ClN6O4/c1-19(2,3)30-17(28)26-10-20(11-26)12-27(18(29)31-20)13-5-4-6-25(9-13)15-8-23-14(7-22)16(21)24-15/h8,13H,4-6,9-12H2,1-3H3/t13-/m1/s1. The smallest absolute Gasteiger partial charge is 0.410 e. The second kappa shape index (κ2) is 7.71. The lowest BCUT2D eigenvalue weighted by molar-refractivity contribution is -0.0789. The van der Waals surface area contributed by atoms with Crippen molar-refractivity contribution >= 4 is 29.6 Å². The van der Waals surface area contributed by atoms with Gasteiger partial charge in [-0.1, -0.05) is 11.6 Å². The van der Waals surface area contributed by atoms with Gasteiger partial charge in [0.05, 0.1) is 31.9 Å². The molecule has 2 amide bonds. The van der Waals surface area contributed by atoms with E-state index in [2.05, 4.69) is 9.97 Å². The summed E-state index contributed by atoms with van der Waals surface area (Å²) < 4.78 is 11.1. The zero-order chi connectivity index (χ0) is 22.4. The highest BCUT2D eigenvalue weighted by molar-refractivity contribution is 6.30. The minimum atomic E-state index is -0.673. The normalized spacial score (nSPS) is 22.7. The molecular formula is C20H25ClN6O4. The van der Waals surface area contributed by atoms with E-state index in [9.17, 15) is 9.59 Å². The number of halogens is 1. The maximum Gasteiger partial charge on any atom is 0.410 e. The zero-order valence-electron chi connectivity index (χ0n) is 17.8. The van der Waals surface area contributed by atoms with Gasteiger partial charge in [0.2, 0.25) is 0 Å². The first kappa shape index (κ1) is 21.4. The minimum Gasteiger partial charge on any atom is -0.444 e. The molecule has 31 heavy (non-hydrogen) atoms. The Morgan fingerprint density at radius 1 is 1.39 bits per heavy atom. The van der Waals surface area contributed by atoms with Crippen molar-refractivity contribution in [3.8, 4) is 6.07 Å². The number of hydrogen-bond donors (Lipinski definition) is 0. The van der Waals surface area contributed by atoms with Gasteiger partial charge in [-0.15, -0.1) is 0 Å². The van der Waals surface area contributed by atoms with E-state index in [1.165, 1.54) is 6.20 Å². The van der Waals surface area contributed by atoms with E-state index >= 15 is 0 Å². The van der Waals surface area contributed by atoms with E-state index in [1.807, 2.05) is 31.7 Å². The highest BCUT2D eigenvalue weighted by Crippen LogP contribution is 2.36. The summed E-state index contributed by atoms with van der Waals surface area (Å²) in [5, 5.41) is 9.05. The number of nitrogens with zero attached hydrogens (tertiary/aromatic N) is 6. The van der Waals surface area contributed by atoms with Gasteiger partial charge in [0.1, 0.15) is 17.5 Å². The number of carbonyl (C=O) groups is 2. The van der Waals surface area contributed by atoms with Gasteiger partial charge in [-0.05, 0) is 33.6 Å². The van der Waals surface area contributed by atoms with Crippen LogP contribution in [0.25, 0.3) is 0 Å². The summed E-state index contributed by atoms with van der Waals surface area (Å²) in [6.07, 6.45) is 2.48. The lowest BCUT2D eigenvalue weighted by Crippen LogP contribution is -2.66. The Balaban J connectivity index is 1.38. The third kappa shape index (κ3) is 4.32. The molecule has 166 valence electrons. The Hall–Kier alpha value is -2.80. The fourth-order valence-corrected chi connectivity index (χ4v) is 4.38. The molecule has 1 spiro atoms. The third-order valence-corrected chi connectivity index (χ3v) is 5.85. The molecule has 0 aliphatic carbocycles. The lowest BCUT2D eigenvalue weighted by atomic mass is 9.93. The molecule has 0 N–H and O–H groups in total. The molecule has 4 rings (SSSR count). The predicted octanol–water partition coefficient (Wildman–Crippen LogP) is 2.41. The molecule has 11 heteroatoms. The van der Waals surface area contributed by atoms with Crippen LogP contribution in [0.2, 0.25) is 5.15 Å². The first-order valence-electron chi connectivity index (χ1n) is 10.2. The number of amides is 2. The van der Waals surface area contributed by atoms with Crippen molar-refractivity contribution in [3.63, 3.8) is 0 Å². The summed E-state index contributed by atoms with van der Waals surface area (Å²) >= 11 is 6.03. The van der Waals surface area contributed by atoms with E-state index in [0.717, 1.165) is 19.4 Å². The monoisotopic (exact) mass is 448 g/mol. The highest BCUT2D eigenvalue weighted by Gasteiger charge is 2.57. The van der Waals surface area contributed by atoms with Crippen molar-refractivity contribution in [2.45, 2.75) is 50.9 Å². The number of nitriles is 1. The zero-order valence-corrected chi connectivity index (χ0v) is 18.6. The van der Waals surface area contributed by atoms with Crippen LogP contribution in [0.4, 0.5) is 15.4 Å². The van der Waals surface area contributed by atoms with Crippen molar-refractivity contribution in [3.05, 3.63) is 17.0 Å². The molecule has 4 heterocycles. The summed E-state index contributed by atoms with van der Waals surface area (Å²) in [7, 11) is 0. The van der Waals surface area contributed by atoms with Crippen LogP contribution in [0.5, 0.6) is 0 Å². The fraction of sp³-hybridized carbons (Fsp3) is 0.650. The molecule has 1 atom stereocenters. The molecule has 0 bridgehead atoms. The average molecular weight is 449 g/mol. The average Bonchev–Trinajstić information content (AvgIpc) is 3.03. The second-order valence-corrected chi connectivity index (χ2v) is 9.59. The number of ether oxygens (including phenoxy) is 2. The number of piperidine rings is 1. The minimum absolute atomic E-state index is 0.0487. The topological polar surface area (TPSA) is 112 Å². The molecule has 3 saturated heterocycles. The molecule has 1 aromatic heterocycles. The maximum absolute atomic E-state index is 12.6. The van der Waals surface area contributed by atoms with Gasteiger partial charge in [-0.25, -0.2) is 19.6 Å². The molecule has 1 aromatic rings. The van der Waals surface area contributed by atoms with E-state index in [-0.39, 0.29) is 23.0 Å². The van der Waals surface area contributed by atoms with Gasteiger partial charge in [-0.2, -0.15) is 5.26 Å². The van der Waals surface area contributed by atoms with E-state index in [0.29, 0.717) is 32.0 Å². The van der Waals surface area contributed by atoms with Crippen LogP contribution in [0, 0.1) is 11.3 Å². The molecule has 0 saturated carbocycles. The van der Waals surface area contributed by atoms with Gasteiger partial charge >= 0.3 is 12.2 Å². The van der Waals surface area contributed by atoms with Gasteiger partial charge in [0.15, 0.2) is 16.4 Å². The predicted molar refractivity (Wildman–Crippen MR) is 111 cm³/mol. The number of hydrogen-bond acceptors (Lipinski definition) is 8. The number of likely N-dealkylation sites (tertiary alicyclic amines) is 1. The summed E-state index contributed by atoms with van der Waals surface area (Å²) in [5.41, 5.74) is -1.15. The quantitative estimate of drug-likeness (QED) is 0.677. The van der Waals surface area contributed by atoms with Crippen LogP contribution in [-0.4, -0.2) is 81.9 Å². The molecule has 0 aromatic carbocycles. The largest absolute Gasteiger partial charge is 0.444 e. The van der Waals surface area contributed by atoms with Crippen molar-refractivity contribution in [2.24, 2.45) is 0 Å². The molecular weight excluding hydrogens is 424 g/mol. The van der Waals surface area contributed by atoms with Crippen LogP contribution in [0.15, 0.2) is 6.20 Å². The Morgan fingerprint density at radius 2 is 2.13 bits per heavy atom. The first-order valence-corrected chi connectivity index (χ1v) is 10.6. The Morgan fingerprint density at radius 3 is 2.77 bits per heavy atom. The lowest BCUT2D eigenvalue weighted by Gasteiger charge is -2.45. The van der Waals surface area contributed by atoms with Crippen LogP contribution in [0.3, 0.4) is 0 Å². The number of anilines is 1. The number of carbonyl (C=O) groups excluding carboxylic acids is 2. The number of rotatable bonds is 2. The molecule has 0 radical (unpaired) electrons. The Bertz CT molecular complexity index is 937. The van der Waals surface area contributed by atoms with Crippen LogP contribution in [-0.2, 0) is 9.47 Å². The summed E-state index contributed by atoms with van der Waals surface area (Å²) in [6.45, 7) is 7.87. The van der Waals surface area contributed by atoms with Crippen molar-refractivity contribution in [1.29, 1.82) is 5.26 Å². The second-order valence-electron chi connectivity index (χ2n) is 9.24. The highest BCUT2D eigenvalue weighted by atomic mass is 35.5. The van der Waals surface area contributed by atoms with Gasteiger partial charge in [0, 0.05) is 13.1 Å². The molecule has 3 aliphatic heterocycles. The van der Waals surface area contributed by atoms with Gasteiger partial charge in [0.25, 0.3) is 0 Å². The molecule has 3 aliphatic rings. The number of aromatic nitrogens is 2. The Labute approximate surface area is 185 Å². The van der Waals surface area contributed by atoms with Gasteiger partial charge in [-0.3, -0.25) is 9.80 Å². The first-order chi connectivity index (χ1) is 14.6. The molecule has 0 unspecified atom stereocenters. The van der Waals surface area contributed by atoms with Crippen LogP contribution in [0.1, 0.15) is 39.3 Å². The van der Waals surface area contributed by atoms with Crippen molar-refractivity contribution in [1.82, 2.24) is 19.8 Å². The van der Waals surface area contributed by atoms with E-state index in [1.54, 1.807) is 9.80 Å². The van der Waals surface area contributed by atoms with E-state index in [4.69, 9.17) is 26.3 Å². The fourth-order valence-electron chi connectivity index (χ4n) is 4.20. The summed E-state index contributed by atoms with van der Waals surface area (Å²) in [6, 6.07) is 1.85. The molecule has 10 nitrogen and oxygen atoms in total. The van der Waals surface area contributed by atoms with Crippen LogP contribution >= 0.6 is 11.6 Å². The Kier molecular flexibility index (Phi) is 5.33. The third-order valence-electron chi connectivity index (χ3n) is 5.59. The van der Waals surface area contributed by atoms with Crippen molar-refractivity contribution in [2.75, 3.05) is 37.6 Å².